The summed E-state index contributed by atoms with van der Waals surface area (Å²) in [5.41, 5.74) is 8.04. The minimum atomic E-state index is -0.495. The molecular formula is C13H14N4O2. The first-order valence-corrected chi connectivity index (χ1v) is 5.62. The molecule has 2 aromatic heterocycles. The van der Waals surface area contributed by atoms with Crippen LogP contribution in [-0.4, -0.2) is 23.0 Å². The molecule has 2 rings (SSSR count). The molecule has 2 heterocycles. The van der Waals surface area contributed by atoms with Crippen LogP contribution in [0.5, 0.6) is 0 Å². The van der Waals surface area contributed by atoms with Crippen molar-refractivity contribution in [3.63, 3.8) is 0 Å². The highest BCUT2D eigenvalue weighted by Crippen LogP contribution is 2.19. The first-order valence-electron chi connectivity index (χ1n) is 5.62. The highest BCUT2D eigenvalue weighted by molar-refractivity contribution is 5.95. The van der Waals surface area contributed by atoms with Crippen molar-refractivity contribution < 1.29 is 9.53 Å². The van der Waals surface area contributed by atoms with Crippen LogP contribution < -0.4 is 11.1 Å². The van der Waals surface area contributed by atoms with Crippen LogP contribution in [0.3, 0.4) is 0 Å². The van der Waals surface area contributed by atoms with Gasteiger partial charge in [-0.05, 0) is 24.6 Å². The number of nitrogen functional groups attached to an aromatic ring is 1. The van der Waals surface area contributed by atoms with Gasteiger partial charge in [-0.1, -0.05) is 0 Å². The third-order valence-corrected chi connectivity index (χ3v) is 2.49. The molecule has 0 atom stereocenters. The van der Waals surface area contributed by atoms with Gasteiger partial charge in [-0.15, -0.1) is 0 Å². The van der Waals surface area contributed by atoms with Crippen molar-refractivity contribution in [1.82, 2.24) is 9.97 Å². The first-order chi connectivity index (χ1) is 9.10. The second kappa shape index (κ2) is 5.34. The molecule has 6 nitrogen and oxygen atoms in total. The number of hydrogen-bond acceptors (Lipinski definition) is 6. The van der Waals surface area contributed by atoms with Crippen LogP contribution in [0.15, 0.2) is 30.7 Å². The van der Waals surface area contributed by atoms with Crippen molar-refractivity contribution in [3.05, 3.63) is 41.9 Å². The molecule has 0 aliphatic rings. The lowest BCUT2D eigenvalue weighted by molar-refractivity contribution is 0.0602. The van der Waals surface area contributed by atoms with Gasteiger partial charge in [-0.25, -0.2) is 9.78 Å². The second-order valence-corrected chi connectivity index (χ2v) is 4.02. The molecule has 0 fully saturated rings. The smallest absolute Gasteiger partial charge is 0.340 e. The number of hydrogen-bond donors (Lipinski definition) is 2. The maximum atomic E-state index is 11.5. The maximum absolute atomic E-state index is 11.5. The van der Waals surface area contributed by atoms with E-state index in [9.17, 15) is 4.79 Å². The topological polar surface area (TPSA) is 90.1 Å². The minimum absolute atomic E-state index is 0.278. The highest BCUT2D eigenvalue weighted by atomic mass is 16.5. The van der Waals surface area contributed by atoms with E-state index in [1.54, 1.807) is 18.5 Å². The molecule has 0 saturated carbocycles. The molecule has 0 spiro atoms. The van der Waals surface area contributed by atoms with Gasteiger partial charge in [0.15, 0.2) is 0 Å². The van der Waals surface area contributed by atoms with Gasteiger partial charge in [0.25, 0.3) is 0 Å². The highest BCUT2D eigenvalue weighted by Gasteiger charge is 2.11. The van der Waals surface area contributed by atoms with E-state index < -0.39 is 5.97 Å². The van der Waals surface area contributed by atoms with Crippen LogP contribution in [0.1, 0.15) is 15.9 Å². The minimum Gasteiger partial charge on any atom is -0.465 e. The van der Waals surface area contributed by atoms with Gasteiger partial charge >= 0.3 is 5.97 Å². The Hall–Kier alpha value is -2.63. The quantitative estimate of drug-likeness (QED) is 0.817. The van der Waals surface area contributed by atoms with Crippen molar-refractivity contribution >= 4 is 23.2 Å². The number of carbonyl (C=O) groups is 1. The molecule has 0 aromatic carbocycles. The largest absolute Gasteiger partial charge is 0.465 e. The normalized spacial score (nSPS) is 10.0. The molecule has 0 aliphatic heterocycles. The number of methoxy groups -OCH3 is 1. The van der Waals surface area contributed by atoms with Gasteiger partial charge in [0, 0.05) is 6.20 Å². The third kappa shape index (κ3) is 2.98. The number of nitrogens with two attached hydrogens (primary N) is 1. The summed E-state index contributed by atoms with van der Waals surface area (Å²) in [6, 6.07) is 3.46. The molecule has 0 saturated heterocycles. The number of aryl methyl sites for hydroxylation is 1. The number of nitrogens with zero attached hydrogens (tertiary/aromatic N) is 2. The summed E-state index contributed by atoms with van der Waals surface area (Å²) in [4.78, 5) is 19.7. The van der Waals surface area contributed by atoms with Crippen molar-refractivity contribution in [2.24, 2.45) is 0 Å². The molecule has 19 heavy (non-hydrogen) atoms. The lowest BCUT2D eigenvalue weighted by Gasteiger charge is -2.08. The molecule has 6 heteroatoms. The Morgan fingerprint density at radius 3 is 2.79 bits per heavy atom. The summed E-state index contributed by atoms with van der Waals surface area (Å²) in [6.07, 6.45) is 4.84. The number of esters is 1. The summed E-state index contributed by atoms with van der Waals surface area (Å²) in [6.45, 7) is 1.94. The first kappa shape index (κ1) is 12.8. The van der Waals surface area contributed by atoms with Gasteiger partial charge in [-0.2, -0.15) is 0 Å². The van der Waals surface area contributed by atoms with Gasteiger partial charge in [0.1, 0.15) is 5.82 Å². The zero-order valence-electron chi connectivity index (χ0n) is 10.7. The van der Waals surface area contributed by atoms with Gasteiger partial charge in [-0.3, -0.25) is 4.98 Å². The van der Waals surface area contributed by atoms with Crippen LogP contribution >= 0.6 is 0 Å². The molecular weight excluding hydrogens is 244 g/mol. The van der Waals surface area contributed by atoms with Crippen molar-refractivity contribution in [1.29, 1.82) is 0 Å². The Morgan fingerprint density at radius 2 is 2.11 bits per heavy atom. The van der Waals surface area contributed by atoms with E-state index in [1.165, 1.54) is 13.3 Å². The predicted molar refractivity (Wildman–Crippen MR) is 72.2 cm³/mol. The summed E-state index contributed by atoms with van der Waals surface area (Å²) in [5, 5.41) is 3.05. The fraction of sp³-hybridized carbons (Fsp3) is 0.154. The van der Waals surface area contributed by atoms with Crippen molar-refractivity contribution in [3.8, 4) is 0 Å². The number of nitrogens with one attached hydrogen (secondary N) is 1. The predicted octanol–water partition coefficient (Wildman–Crippen LogP) is 1.90. The van der Waals surface area contributed by atoms with Crippen LogP contribution in [0.2, 0.25) is 0 Å². The van der Waals surface area contributed by atoms with Crippen LogP contribution in [0.25, 0.3) is 0 Å². The summed E-state index contributed by atoms with van der Waals surface area (Å²) < 4.78 is 4.65. The second-order valence-electron chi connectivity index (χ2n) is 4.02. The van der Waals surface area contributed by atoms with E-state index in [0.29, 0.717) is 5.82 Å². The molecule has 0 bridgehead atoms. The van der Waals surface area contributed by atoms with E-state index >= 15 is 0 Å². The zero-order valence-corrected chi connectivity index (χ0v) is 10.7. The van der Waals surface area contributed by atoms with Gasteiger partial charge in [0.05, 0.1) is 36.4 Å². The van der Waals surface area contributed by atoms with Crippen LogP contribution in [-0.2, 0) is 4.74 Å². The van der Waals surface area contributed by atoms with E-state index in [2.05, 4.69) is 20.0 Å². The monoisotopic (exact) mass is 258 g/mol. The number of anilines is 3. The van der Waals surface area contributed by atoms with Crippen LogP contribution in [0, 0.1) is 6.92 Å². The standard InChI is InChI=1S/C13H14N4O2/c1-8-3-9(6-15-5-8)17-12-4-10(13(18)19-2)11(14)7-16-12/h3-7H,14H2,1-2H3,(H,16,17). The Labute approximate surface area is 110 Å². The zero-order chi connectivity index (χ0) is 13.8. The SMILES string of the molecule is COC(=O)c1cc(Nc2cncc(C)c2)ncc1N. The number of aromatic nitrogens is 2. The van der Waals surface area contributed by atoms with E-state index in [1.807, 2.05) is 13.0 Å². The number of pyridine rings is 2. The van der Waals surface area contributed by atoms with Crippen LogP contribution in [0.4, 0.5) is 17.2 Å². The summed E-state index contributed by atoms with van der Waals surface area (Å²) in [7, 11) is 1.31. The molecule has 3 N–H and O–H groups in total. The third-order valence-electron chi connectivity index (χ3n) is 2.49. The molecule has 0 aliphatic carbocycles. The Morgan fingerprint density at radius 1 is 1.32 bits per heavy atom. The Bertz CT molecular complexity index is 613. The lowest BCUT2D eigenvalue weighted by atomic mass is 10.2. The number of ether oxygens (including phenoxy) is 1. The fourth-order valence-electron chi connectivity index (χ4n) is 1.59. The van der Waals surface area contributed by atoms with Gasteiger partial charge in [0.2, 0.25) is 0 Å². The van der Waals surface area contributed by atoms with E-state index in [-0.39, 0.29) is 11.3 Å². The van der Waals surface area contributed by atoms with E-state index in [4.69, 9.17) is 5.73 Å². The number of carbonyl (C=O) groups excluding carboxylic acids is 1. The average molecular weight is 258 g/mol. The maximum Gasteiger partial charge on any atom is 0.340 e. The Kier molecular flexibility index (Phi) is 3.61. The molecule has 0 amide bonds. The van der Waals surface area contributed by atoms with E-state index in [0.717, 1.165) is 11.3 Å². The number of rotatable bonds is 3. The summed E-state index contributed by atoms with van der Waals surface area (Å²) in [5.74, 6) is 0.00678. The lowest BCUT2D eigenvalue weighted by Crippen LogP contribution is -2.07. The van der Waals surface area contributed by atoms with Crippen molar-refractivity contribution in [2.75, 3.05) is 18.2 Å². The Balaban J connectivity index is 2.29. The molecule has 0 radical (unpaired) electrons. The molecule has 98 valence electrons. The average Bonchev–Trinajstić information content (AvgIpc) is 2.40. The van der Waals surface area contributed by atoms with Gasteiger partial charge < -0.3 is 15.8 Å². The van der Waals surface area contributed by atoms with Crippen molar-refractivity contribution in [2.45, 2.75) is 6.92 Å². The fourth-order valence-corrected chi connectivity index (χ4v) is 1.59. The summed E-state index contributed by atoms with van der Waals surface area (Å²) >= 11 is 0. The molecule has 2 aromatic rings. The molecule has 0 unspecified atom stereocenters.